The number of fused-ring (bicyclic) bond motifs is 4. The zero-order valence-electron chi connectivity index (χ0n) is 20.5. The van der Waals surface area contributed by atoms with E-state index in [1.54, 1.807) is 18.2 Å². The molecule has 0 amide bonds. The fourth-order valence-corrected chi connectivity index (χ4v) is 4.84. The summed E-state index contributed by atoms with van der Waals surface area (Å²) < 4.78 is 37.3. The summed E-state index contributed by atoms with van der Waals surface area (Å²) in [5.74, 6) is -3.78. The van der Waals surface area contributed by atoms with Gasteiger partial charge in [0.15, 0.2) is 35.3 Å². The summed E-state index contributed by atoms with van der Waals surface area (Å²) in [6.07, 6.45) is -6.41. The summed E-state index contributed by atoms with van der Waals surface area (Å²) in [6, 6.07) is 9.27. The van der Waals surface area contributed by atoms with Gasteiger partial charge in [0.05, 0.1) is 11.7 Å². The zero-order valence-corrected chi connectivity index (χ0v) is 20.5. The van der Waals surface area contributed by atoms with Crippen LogP contribution in [0.4, 0.5) is 4.39 Å². The van der Waals surface area contributed by atoms with Gasteiger partial charge in [-0.1, -0.05) is 30.3 Å². The van der Waals surface area contributed by atoms with E-state index in [0.717, 1.165) is 13.8 Å². The average Bonchev–Trinajstić information content (AvgIpc) is 2.88. The van der Waals surface area contributed by atoms with Crippen LogP contribution < -0.4 is 4.74 Å². The quantitative estimate of drug-likeness (QED) is 0.397. The van der Waals surface area contributed by atoms with Crippen molar-refractivity contribution in [3.05, 3.63) is 64.8 Å². The molecule has 2 heterocycles. The SMILES string of the molecule is CC(=O)O[C@H]1[C@H](F)[C@H](Oc2c(O)c3c(c4cccnc24)C(=O)c2ccccc2C3=O)O[C@@H](C)[C@H]1OC(C)=O. The Hall–Kier alpha value is -4.38. The average molecular weight is 523 g/mol. The number of aromatic hydroxyl groups is 1. The van der Waals surface area contributed by atoms with Crippen LogP contribution in [0.5, 0.6) is 11.5 Å². The molecule has 0 bridgehead atoms. The second-order valence-corrected chi connectivity index (χ2v) is 8.95. The molecule has 1 aliphatic carbocycles. The molecule has 10 nitrogen and oxygen atoms in total. The molecule has 38 heavy (non-hydrogen) atoms. The molecule has 1 aliphatic heterocycles. The van der Waals surface area contributed by atoms with Crippen LogP contribution in [-0.4, -0.2) is 64.4 Å². The fourth-order valence-electron chi connectivity index (χ4n) is 4.84. The van der Waals surface area contributed by atoms with Gasteiger partial charge in [0, 0.05) is 42.1 Å². The number of phenolic OH excluding ortho intramolecular Hbond substituents is 1. The van der Waals surface area contributed by atoms with E-state index >= 15 is 4.39 Å². The van der Waals surface area contributed by atoms with Gasteiger partial charge in [0.1, 0.15) is 5.52 Å². The van der Waals surface area contributed by atoms with Gasteiger partial charge in [-0.05, 0) is 13.0 Å². The number of hydrogen-bond donors (Lipinski definition) is 1. The van der Waals surface area contributed by atoms with Crippen molar-refractivity contribution in [2.75, 3.05) is 0 Å². The van der Waals surface area contributed by atoms with Gasteiger partial charge in [-0.15, -0.1) is 0 Å². The first-order valence-corrected chi connectivity index (χ1v) is 11.7. The first-order valence-electron chi connectivity index (χ1n) is 11.7. The van der Waals surface area contributed by atoms with Crippen molar-refractivity contribution in [3.8, 4) is 11.5 Å². The highest BCUT2D eigenvalue weighted by Gasteiger charge is 2.50. The first kappa shape index (κ1) is 25.3. The Labute approximate surface area is 215 Å². The number of carbonyl (C=O) groups excluding carboxylic acids is 4. The molecule has 0 saturated carbocycles. The highest BCUT2D eigenvalue weighted by Crippen LogP contribution is 2.45. The second kappa shape index (κ2) is 9.49. The summed E-state index contributed by atoms with van der Waals surface area (Å²) >= 11 is 0. The van der Waals surface area contributed by atoms with Gasteiger partial charge in [-0.2, -0.15) is 0 Å². The van der Waals surface area contributed by atoms with Gasteiger partial charge < -0.3 is 24.1 Å². The number of alkyl halides is 1. The van der Waals surface area contributed by atoms with Gasteiger partial charge in [-0.25, -0.2) is 4.39 Å². The van der Waals surface area contributed by atoms with Crippen LogP contribution in [0.2, 0.25) is 0 Å². The molecular formula is C27H22FNO9. The monoisotopic (exact) mass is 523 g/mol. The number of pyridine rings is 1. The summed E-state index contributed by atoms with van der Waals surface area (Å²) in [7, 11) is 0. The lowest BCUT2D eigenvalue weighted by Gasteiger charge is -2.41. The lowest BCUT2D eigenvalue weighted by Crippen LogP contribution is -2.59. The van der Waals surface area contributed by atoms with E-state index in [1.165, 1.54) is 31.3 Å². The van der Waals surface area contributed by atoms with Crippen LogP contribution >= 0.6 is 0 Å². The van der Waals surface area contributed by atoms with Crippen molar-refractivity contribution >= 4 is 34.4 Å². The number of hydrogen-bond acceptors (Lipinski definition) is 10. The van der Waals surface area contributed by atoms with Crippen LogP contribution in [0.1, 0.15) is 52.6 Å². The molecule has 1 fully saturated rings. The van der Waals surface area contributed by atoms with Gasteiger partial charge in [0.25, 0.3) is 0 Å². The predicted octanol–water partition coefficient (Wildman–Crippen LogP) is 3.04. The maximum absolute atomic E-state index is 15.7. The minimum atomic E-state index is -2.17. The molecule has 5 atom stereocenters. The highest BCUT2D eigenvalue weighted by atomic mass is 19.1. The van der Waals surface area contributed by atoms with E-state index in [4.69, 9.17) is 18.9 Å². The molecule has 0 spiro atoms. The van der Waals surface area contributed by atoms with Crippen LogP contribution in [0.25, 0.3) is 10.9 Å². The van der Waals surface area contributed by atoms with Gasteiger partial charge >= 0.3 is 11.9 Å². The molecule has 5 rings (SSSR count). The summed E-state index contributed by atoms with van der Waals surface area (Å²) in [6.45, 7) is 3.65. The lowest BCUT2D eigenvalue weighted by atomic mass is 9.81. The number of halogens is 1. The summed E-state index contributed by atoms with van der Waals surface area (Å²) in [4.78, 5) is 54.2. The molecule has 2 aliphatic rings. The lowest BCUT2D eigenvalue weighted by molar-refractivity contribution is -0.261. The van der Waals surface area contributed by atoms with Crippen molar-refractivity contribution in [2.24, 2.45) is 0 Å². The van der Waals surface area contributed by atoms with E-state index in [2.05, 4.69) is 4.98 Å². The number of ether oxygens (including phenoxy) is 4. The van der Waals surface area contributed by atoms with Crippen LogP contribution in [-0.2, 0) is 23.8 Å². The van der Waals surface area contributed by atoms with Gasteiger partial charge in [0.2, 0.25) is 12.5 Å². The minimum Gasteiger partial charge on any atom is -0.504 e. The number of ketones is 2. The van der Waals surface area contributed by atoms with Crippen LogP contribution in [0, 0.1) is 0 Å². The van der Waals surface area contributed by atoms with Crippen LogP contribution in [0.3, 0.4) is 0 Å². The Bertz CT molecular complexity index is 1500. The molecule has 0 unspecified atom stereocenters. The third-order valence-electron chi connectivity index (χ3n) is 6.41. The molecule has 3 aromatic rings. The van der Waals surface area contributed by atoms with Crippen molar-refractivity contribution in [2.45, 2.75) is 51.5 Å². The Morgan fingerprint density at radius 1 is 0.947 bits per heavy atom. The Morgan fingerprint density at radius 2 is 1.55 bits per heavy atom. The molecule has 2 aromatic carbocycles. The van der Waals surface area contributed by atoms with Crippen molar-refractivity contribution in [1.82, 2.24) is 4.98 Å². The molecule has 1 aromatic heterocycles. The number of phenols is 1. The van der Waals surface area contributed by atoms with Crippen molar-refractivity contribution in [1.29, 1.82) is 0 Å². The minimum absolute atomic E-state index is 0.0149. The molecule has 1 saturated heterocycles. The predicted molar refractivity (Wildman–Crippen MR) is 128 cm³/mol. The van der Waals surface area contributed by atoms with Crippen molar-refractivity contribution in [3.63, 3.8) is 0 Å². The number of carbonyl (C=O) groups is 4. The van der Waals surface area contributed by atoms with E-state index in [9.17, 15) is 24.3 Å². The highest BCUT2D eigenvalue weighted by molar-refractivity contribution is 6.33. The largest absolute Gasteiger partial charge is 0.504 e. The third kappa shape index (κ3) is 4.04. The van der Waals surface area contributed by atoms with E-state index in [1.807, 2.05) is 0 Å². The molecular weight excluding hydrogens is 501 g/mol. The zero-order chi connectivity index (χ0) is 27.3. The molecule has 11 heteroatoms. The standard InChI is InChI=1S/C27H22FNO9/c1-11-24(36-12(2)30)25(37-13(3)31)19(28)27(35-11)38-26-20-16(9-6-10-29-20)17-18(23(26)34)22(33)15-8-5-4-7-14(15)21(17)32/h4-11,19,24-25,27,34H,1-3H3/t11-,19-,24+,25-,27-/m0/s1. The first-order chi connectivity index (χ1) is 18.1. The number of rotatable bonds is 4. The van der Waals surface area contributed by atoms with Crippen molar-refractivity contribution < 1.29 is 47.6 Å². The maximum atomic E-state index is 15.7. The second-order valence-electron chi connectivity index (χ2n) is 8.95. The normalized spacial score (nSPS) is 24.4. The topological polar surface area (TPSA) is 138 Å². The van der Waals surface area contributed by atoms with E-state index in [-0.39, 0.29) is 33.2 Å². The maximum Gasteiger partial charge on any atom is 0.303 e. The van der Waals surface area contributed by atoms with Gasteiger partial charge in [-0.3, -0.25) is 24.2 Å². The summed E-state index contributed by atoms with van der Waals surface area (Å²) in [5.41, 5.74) is -0.0995. The molecule has 0 radical (unpaired) electrons. The number of nitrogens with zero attached hydrogens (tertiary/aromatic N) is 1. The fraction of sp³-hybridized carbons (Fsp3) is 0.296. The Kier molecular flexibility index (Phi) is 6.31. The van der Waals surface area contributed by atoms with Crippen LogP contribution in [0.15, 0.2) is 42.6 Å². The number of benzene rings is 2. The Balaban J connectivity index is 1.61. The molecule has 1 N–H and O–H groups in total. The smallest absolute Gasteiger partial charge is 0.303 e. The number of esters is 2. The molecule has 196 valence electrons. The summed E-state index contributed by atoms with van der Waals surface area (Å²) in [5, 5.41) is 11.4. The van der Waals surface area contributed by atoms with E-state index < -0.39 is 65.8 Å². The van der Waals surface area contributed by atoms with E-state index in [0.29, 0.717) is 0 Å². The third-order valence-corrected chi connectivity index (χ3v) is 6.41. The Morgan fingerprint density at radius 3 is 2.18 bits per heavy atom. The number of aromatic nitrogens is 1.